The average Bonchev–Trinajstić information content (AvgIpc) is 3.17. The van der Waals surface area contributed by atoms with Crippen LogP contribution in [0, 0.1) is 0 Å². The molecule has 0 bridgehead atoms. The number of hydrogen-bond donors (Lipinski definition) is 2. The summed E-state index contributed by atoms with van der Waals surface area (Å²) >= 11 is 0. The van der Waals surface area contributed by atoms with Crippen LogP contribution in [0.4, 0.5) is 24.8 Å². The van der Waals surface area contributed by atoms with Crippen LogP contribution >= 0.6 is 0 Å². The van der Waals surface area contributed by atoms with E-state index in [4.69, 9.17) is 0 Å². The fourth-order valence-electron chi connectivity index (χ4n) is 3.25. The minimum absolute atomic E-state index is 0.318. The van der Waals surface area contributed by atoms with Crippen LogP contribution in [0.15, 0.2) is 42.5 Å². The van der Waals surface area contributed by atoms with Gasteiger partial charge in [0, 0.05) is 38.4 Å². The van der Waals surface area contributed by atoms with Gasteiger partial charge in [-0.2, -0.15) is 18.2 Å². The molecular weight excluding hydrogens is 449 g/mol. The molecule has 184 valence electrons. The van der Waals surface area contributed by atoms with Crippen molar-refractivity contribution in [2.75, 3.05) is 31.5 Å². The second kappa shape index (κ2) is 10.8. The summed E-state index contributed by atoms with van der Waals surface area (Å²) < 4.78 is 44.3. The molecule has 1 fully saturated rings. The van der Waals surface area contributed by atoms with Gasteiger partial charge < -0.3 is 15.4 Å². The first-order valence-electron chi connectivity index (χ1n) is 10.9. The topological polar surface area (TPSA) is 83.8 Å². The molecule has 0 atom stereocenters. The number of anilines is 2. The van der Waals surface area contributed by atoms with Crippen molar-refractivity contribution in [3.05, 3.63) is 53.7 Å². The number of halogens is 3. The number of rotatable bonds is 5. The zero-order chi connectivity index (χ0) is 24.8. The predicted molar refractivity (Wildman–Crippen MR) is 123 cm³/mol. The molecule has 2 N–H and O–H groups in total. The summed E-state index contributed by atoms with van der Waals surface area (Å²) in [7, 11) is 0. The number of carbonyl (C=O) groups excluding carboxylic acids is 1. The number of hydrogen-bond acceptors (Lipinski definition) is 7. The highest BCUT2D eigenvalue weighted by Crippen LogP contribution is 2.30. The molecule has 0 unspecified atom stereocenters. The van der Waals surface area contributed by atoms with E-state index in [2.05, 4.69) is 30.4 Å². The molecule has 1 aliphatic heterocycles. The molecule has 0 amide bonds. The van der Waals surface area contributed by atoms with Crippen LogP contribution in [-0.2, 0) is 22.3 Å². The summed E-state index contributed by atoms with van der Waals surface area (Å²) in [6, 6.07) is 10.6. The van der Waals surface area contributed by atoms with Crippen LogP contribution in [0.1, 0.15) is 32.0 Å². The summed E-state index contributed by atoms with van der Waals surface area (Å²) in [5.41, 5.74) is 1.21. The number of aromatic nitrogens is 3. The van der Waals surface area contributed by atoms with E-state index in [1.807, 2.05) is 39.0 Å². The van der Waals surface area contributed by atoms with Crippen LogP contribution in [0.25, 0.3) is 5.65 Å². The Bertz CT molecular complexity index is 1070. The number of fused-ring (bicyclic) bond motifs is 1. The van der Waals surface area contributed by atoms with Crippen molar-refractivity contribution in [1.82, 2.24) is 24.8 Å². The Morgan fingerprint density at radius 3 is 2.32 bits per heavy atom. The summed E-state index contributed by atoms with van der Waals surface area (Å²) in [6.07, 6.45) is -4.35. The Hall–Kier alpha value is -3.18. The summed E-state index contributed by atoms with van der Waals surface area (Å²) in [5, 5.41) is 10.8. The molecule has 0 spiro atoms. The number of nitrogens with one attached hydrogen (secondary N) is 2. The third-order valence-corrected chi connectivity index (χ3v) is 4.90. The smallest absolute Gasteiger partial charge is 0.416 e. The highest BCUT2D eigenvalue weighted by molar-refractivity contribution is 5.56. The maximum absolute atomic E-state index is 12.7. The Morgan fingerprint density at radius 1 is 1.09 bits per heavy atom. The predicted octanol–water partition coefficient (Wildman–Crippen LogP) is 3.85. The van der Waals surface area contributed by atoms with Crippen LogP contribution in [0.3, 0.4) is 0 Å². The minimum atomic E-state index is -4.35. The lowest BCUT2D eigenvalue weighted by Crippen LogP contribution is -2.43. The molecule has 1 aromatic carbocycles. The third kappa shape index (κ3) is 7.42. The van der Waals surface area contributed by atoms with Gasteiger partial charge in [-0.25, -0.2) is 4.52 Å². The fourth-order valence-corrected chi connectivity index (χ4v) is 3.25. The van der Waals surface area contributed by atoms with E-state index >= 15 is 0 Å². The lowest BCUT2D eigenvalue weighted by Gasteiger charge is -2.27. The lowest BCUT2D eigenvalue weighted by atomic mass is 10.2. The van der Waals surface area contributed by atoms with Crippen molar-refractivity contribution < 1.29 is 22.7 Å². The van der Waals surface area contributed by atoms with Crippen LogP contribution in [0.5, 0.6) is 0 Å². The van der Waals surface area contributed by atoms with E-state index in [0.29, 0.717) is 23.8 Å². The zero-order valence-electron chi connectivity index (χ0n) is 19.4. The molecule has 8 nitrogen and oxygen atoms in total. The second-order valence-corrected chi connectivity index (χ2v) is 8.78. The minimum Gasteiger partial charge on any atom is -0.462 e. The highest BCUT2D eigenvalue weighted by atomic mass is 19.4. The van der Waals surface area contributed by atoms with E-state index in [1.165, 1.54) is 12.1 Å². The van der Waals surface area contributed by atoms with Gasteiger partial charge >= 0.3 is 6.18 Å². The Morgan fingerprint density at radius 2 is 1.76 bits per heavy atom. The molecule has 11 heteroatoms. The van der Waals surface area contributed by atoms with Crippen LogP contribution < -0.4 is 10.6 Å². The Labute approximate surface area is 196 Å². The van der Waals surface area contributed by atoms with E-state index in [9.17, 15) is 18.0 Å². The monoisotopic (exact) mass is 478 g/mol. The van der Waals surface area contributed by atoms with E-state index < -0.39 is 11.7 Å². The zero-order valence-corrected chi connectivity index (χ0v) is 19.4. The number of piperazine rings is 1. The fraction of sp³-hybridized carbons (Fsp3) is 0.435. The first-order chi connectivity index (χ1) is 16.0. The quantitative estimate of drug-likeness (QED) is 0.539. The van der Waals surface area contributed by atoms with Gasteiger partial charge in [-0.3, -0.25) is 9.69 Å². The van der Waals surface area contributed by atoms with Gasteiger partial charge in [-0.1, -0.05) is 6.07 Å². The first-order valence-corrected chi connectivity index (χ1v) is 10.9. The number of alkyl halides is 3. The average molecular weight is 479 g/mol. The standard InChI is InChI=1S/C18H19F3N6.C5H10O2/c19-18(20,21)13-4-6-14(7-5-13)23-17-24-16-3-1-2-15(27(16)25-17)12-26-10-8-22-9-11-26;1-5(2,3)7-4-6/h1-7,22H,8-12H2,(H,23,25);4H,1-3H3. The number of ether oxygens (including phenoxy) is 1. The highest BCUT2D eigenvalue weighted by Gasteiger charge is 2.30. The maximum atomic E-state index is 12.7. The first kappa shape index (κ1) is 25.4. The van der Waals surface area contributed by atoms with Crippen molar-refractivity contribution in [1.29, 1.82) is 0 Å². The molecule has 1 aliphatic rings. The van der Waals surface area contributed by atoms with Crippen molar-refractivity contribution in [3.8, 4) is 0 Å². The van der Waals surface area contributed by atoms with Gasteiger partial charge in [0.2, 0.25) is 5.95 Å². The largest absolute Gasteiger partial charge is 0.462 e. The Kier molecular flexibility index (Phi) is 8.11. The molecule has 0 aliphatic carbocycles. The maximum Gasteiger partial charge on any atom is 0.416 e. The summed E-state index contributed by atoms with van der Waals surface area (Å²) in [4.78, 5) is 16.4. The lowest BCUT2D eigenvalue weighted by molar-refractivity contribution is -0.139. The van der Waals surface area contributed by atoms with Crippen molar-refractivity contribution in [2.45, 2.75) is 39.1 Å². The van der Waals surface area contributed by atoms with E-state index in [-0.39, 0.29) is 5.60 Å². The van der Waals surface area contributed by atoms with Gasteiger partial charge in [0.15, 0.2) is 5.65 Å². The SMILES string of the molecule is CC(C)(C)OC=O.FC(F)(F)c1ccc(Nc2nc3cccc(CN4CCNCC4)n3n2)cc1. The number of nitrogens with zero attached hydrogens (tertiary/aromatic N) is 4. The summed E-state index contributed by atoms with van der Waals surface area (Å²) in [6.45, 7) is 10.6. The van der Waals surface area contributed by atoms with Crippen LogP contribution in [-0.4, -0.2) is 57.8 Å². The van der Waals surface area contributed by atoms with Gasteiger partial charge in [-0.15, -0.1) is 5.10 Å². The molecule has 1 saturated heterocycles. The number of pyridine rings is 1. The second-order valence-electron chi connectivity index (χ2n) is 8.78. The normalized spacial score (nSPS) is 14.9. The molecule has 34 heavy (non-hydrogen) atoms. The molecule has 2 aromatic heterocycles. The van der Waals surface area contributed by atoms with Gasteiger partial charge in [-0.05, 0) is 57.2 Å². The molecule has 0 radical (unpaired) electrons. The van der Waals surface area contributed by atoms with Crippen molar-refractivity contribution >= 4 is 23.8 Å². The molecule has 3 heterocycles. The van der Waals surface area contributed by atoms with Crippen molar-refractivity contribution in [3.63, 3.8) is 0 Å². The Balaban J connectivity index is 0.000000406. The molecule has 0 saturated carbocycles. The van der Waals surface area contributed by atoms with Gasteiger partial charge in [0.1, 0.15) is 5.60 Å². The van der Waals surface area contributed by atoms with E-state index in [1.54, 1.807) is 4.52 Å². The third-order valence-electron chi connectivity index (χ3n) is 4.90. The molecular formula is C23H29F3N6O2. The molecule has 4 rings (SSSR count). The number of benzene rings is 1. The van der Waals surface area contributed by atoms with Gasteiger partial charge in [0.25, 0.3) is 6.47 Å². The molecule has 3 aromatic rings. The summed E-state index contributed by atoms with van der Waals surface area (Å²) in [5.74, 6) is 0.350. The number of carbonyl (C=O) groups is 1. The van der Waals surface area contributed by atoms with Gasteiger partial charge in [0.05, 0.1) is 11.3 Å². The van der Waals surface area contributed by atoms with Crippen LogP contribution in [0.2, 0.25) is 0 Å². The van der Waals surface area contributed by atoms with E-state index in [0.717, 1.165) is 50.6 Å². The van der Waals surface area contributed by atoms with Crippen molar-refractivity contribution in [2.24, 2.45) is 0 Å².